The third-order valence-electron chi connectivity index (χ3n) is 2.48. The summed E-state index contributed by atoms with van der Waals surface area (Å²) in [7, 11) is 1.37. The Balaban J connectivity index is 2.57. The molecule has 0 N–H and O–H groups in total. The van der Waals surface area contributed by atoms with Gasteiger partial charge in [-0.15, -0.1) is 11.3 Å². The lowest BCUT2D eigenvalue weighted by Gasteiger charge is -2.06. The van der Waals surface area contributed by atoms with Gasteiger partial charge in [0.1, 0.15) is 0 Å². The molecule has 1 aromatic carbocycles. The second-order valence-corrected chi connectivity index (χ2v) is 5.14. The number of thiophene rings is 1. The van der Waals surface area contributed by atoms with E-state index in [2.05, 4.69) is 6.58 Å². The van der Waals surface area contributed by atoms with Crippen LogP contribution >= 0.6 is 22.9 Å². The minimum absolute atomic E-state index is 0.366. The Morgan fingerprint density at radius 1 is 1.39 bits per heavy atom. The van der Waals surface area contributed by atoms with E-state index in [0.29, 0.717) is 10.6 Å². The van der Waals surface area contributed by atoms with Crippen LogP contribution in [0, 0.1) is 0 Å². The summed E-state index contributed by atoms with van der Waals surface area (Å²) in [4.78, 5) is 13.7. The molecule has 2 aromatic rings. The minimum atomic E-state index is -0.366. The number of hydrogen-bond acceptors (Lipinski definition) is 3. The predicted molar refractivity (Wildman–Crippen MR) is 76.2 cm³/mol. The smallest absolute Gasteiger partial charge is 0.338 e. The Hall–Kier alpha value is -1.58. The largest absolute Gasteiger partial charge is 0.465 e. The molecule has 2 nitrogen and oxygen atoms in total. The molecule has 0 spiro atoms. The zero-order valence-corrected chi connectivity index (χ0v) is 11.3. The number of esters is 1. The molecule has 0 atom stereocenters. The summed E-state index contributed by atoms with van der Waals surface area (Å²) in [6.45, 7) is 3.72. The molecule has 4 heteroatoms. The van der Waals surface area contributed by atoms with Crippen molar-refractivity contribution in [1.29, 1.82) is 0 Å². The number of benzene rings is 1. The van der Waals surface area contributed by atoms with Crippen LogP contribution in [0.3, 0.4) is 0 Å². The maximum atomic E-state index is 11.7. The number of halogens is 1. The summed E-state index contributed by atoms with van der Waals surface area (Å²) >= 11 is 7.54. The topological polar surface area (TPSA) is 26.3 Å². The summed E-state index contributed by atoms with van der Waals surface area (Å²) < 4.78 is 4.77. The first-order valence-electron chi connectivity index (χ1n) is 5.26. The van der Waals surface area contributed by atoms with E-state index in [1.54, 1.807) is 35.6 Å². The maximum absolute atomic E-state index is 11.7. The molecule has 18 heavy (non-hydrogen) atoms. The van der Waals surface area contributed by atoms with E-state index in [4.69, 9.17) is 16.3 Å². The number of rotatable bonds is 3. The standard InChI is InChI=1S/C14H11ClO2S/c1-3-10-5-7-13(18-10)12-8-9(15)4-6-11(12)14(16)17-2/h3-8H,1H2,2H3. The highest BCUT2D eigenvalue weighted by atomic mass is 35.5. The SMILES string of the molecule is C=Cc1ccc(-c2cc(Cl)ccc2C(=O)OC)s1. The highest BCUT2D eigenvalue weighted by Crippen LogP contribution is 2.33. The first kappa shape index (κ1) is 12.9. The molecule has 0 unspecified atom stereocenters. The quantitative estimate of drug-likeness (QED) is 0.773. The molecular formula is C14H11ClO2S. The number of methoxy groups -OCH3 is 1. The molecule has 0 aliphatic carbocycles. The van der Waals surface area contributed by atoms with Crippen LogP contribution in [0.15, 0.2) is 36.9 Å². The van der Waals surface area contributed by atoms with Gasteiger partial charge in [0.25, 0.3) is 0 Å². The van der Waals surface area contributed by atoms with Gasteiger partial charge in [-0.05, 0) is 30.3 Å². The molecular weight excluding hydrogens is 268 g/mol. The Morgan fingerprint density at radius 3 is 2.78 bits per heavy atom. The highest BCUT2D eigenvalue weighted by molar-refractivity contribution is 7.16. The van der Waals surface area contributed by atoms with Gasteiger partial charge in [0.15, 0.2) is 0 Å². The van der Waals surface area contributed by atoms with Gasteiger partial charge in [-0.2, -0.15) is 0 Å². The highest BCUT2D eigenvalue weighted by Gasteiger charge is 2.14. The average Bonchev–Trinajstić information content (AvgIpc) is 2.86. The Kier molecular flexibility index (Phi) is 3.84. The van der Waals surface area contributed by atoms with Crippen molar-refractivity contribution in [3.63, 3.8) is 0 Å². The van der Waals surface area contributed by atoms with E-state index in [9.17, 15) is 4.79 Å². The summed E-state index contributed by atoms with van der Waals surface area (Å²) in [6.07, 6.45) is 1.77. The van der Waals surface area contributed by atoms with Crippen LogP contribution < -0.4 is 0 Å². The molecule has 1 heterocycles. The Bertz CT molecular complexity index is 602. The third kappa shape index (κ3) is 2.47. The predicted octanol–water partition coefficient (Wildman–Crippen LogP) is 4.50. The van der Waals surface area contributed by atoms with Gasteiger partial charge in [0.05, 0.1) is 12.7 Å². The van der Waals surface area contributed by atoms with Crippen molar-refractivity contribution in [3.05, 3.63) is 52.4 Å². The fraction of sp³-hybridized carbons (Fsp3) is 0.0714. The number of hydrogen-bond donors (Lipinski definition) is 0. The Labute approximate surface area is 114 Å². The first-order chi connectivity index (χ1) is 8.65. The summed E-state index contributed by atoms with van der Waals surface area (Å²) in [5, 5.41) is 0.589. The Morgan fingerprint density at radius 2 is 2.17 bits per heavy atom. The zero-order valence-electron chi connectivity index (χ0n) is 9.77. The van der Waals surface area contributed by atoms with Crippen molar-refractivity contribution in [2.45, 2.75) is 0 Å². The van der Waals surface area contributed by atoms with Gasteiger partial charge in [-0.25, -0.2) is 4.79 Å². The molecule has 1 aromatic heterocycles. The lowest BCUT2D eigenvalue weighted by atomic mass is 10.1. The van der Waals surface area contributed by atoms with Crippen LogP contribution in [0.2, 0.25) is 5.02 Å². The summed E-state index contributed by atoms with van der Waals surface area (Å²) in [5.74, 6) is -0.366. The van der Waals surface area contributed by atoms with Crippen LogP contribution in [-0.2, 0) is 4.74 Å². The normalized spacial score (nSPS) is 10.1. The molecule has 0 saturated heterocycles. The van der Waals surface area contributed by atoms with Crippen molar-refractivity contribution >= 4 is 35.0 Å². The van der Waals surface area contributed by atoms with Crippen molar-refractivity contribution < 1.29 is 9.53 Å². The molecule has 0 bridgehead atoms. The van der Waals surface area contributed by atoms with Crippen LogP contribution in [0.1, 0.15) is 15.2 Å². The van der Waals surface area contributed by atoms with Crippen LogP contribution in [0.4, 0.5) is 0 Å². The van der Waals surface area contributed by atoms with Gasteiger partial charge < -0.3 is 4.74 Å². The van der Waals surface area contributed by atoms with E-state index in [-0.39, 0.29) is 5.97 Å². The monoisotopic (exact) mass is 278 g/mol. The second-order valence-electron chi connectivity index (χ2n) is 3.59. The molecule has 92 valence electrons. The van der Waals surface area contributed by atoms with E-state index >= 15 is 0 Å². The first-order valence-corrected chi connectivity index (χ1v) is 6.45. The number of ether oxygens (including phenoxy) is 1. The van der Waals surface area contributed by atoms with Crippen LogP contribution in [0.25, 0.3) is 16.5 Å². The lowest BCUT2D eigenvalue weighted by Crippen LogP contribution is -2.02. The molecule has 0 amide bonds. The third-order valence-corrected chi connectivity index (χ3v) is 3.83. The van der Waals surface area contributed by atoms with E-state index in [0.717, 1.165) is 15.3 Å². The summed E-state index contributed by atoms with van der Waals surface area (Å²) in [5.41, 5.74) is 1.30. The van der Waals surface area contributed by atoms with Gasteiger partial charge >= 0.3 is 5.97 Å². The average molecular weight is 279 g/mol. The molecule has 0 radical (unpaired) electrons. The van der Waals surface area contributed by atoms with Crippen molar-refractivity contribution in [2.75, 3.05) is 7.11 Å². The van der Waals surface area contributed by atoms with Crippen molar-refractivity contribution in [2.24, 2.45) is 0 Å². The number of carbonyl (C=O) groups is 1. The van der Waals surface area contributed by atoms with Gasteiger partial charge in [0.2, 0.25) is 0 Å². The fourth-order valence-electron chi connectivity index (χ4n) is 1.62. The molecule has 0 saturated carbocycles. The zero-order chi connectivity index (χ0) is 13.1. The fourth-order valence-corrected chi connectivity index (χ4v) is 2.68. The minimum Gasteiger partial charge on any atom is -0.465 e. The maximum Gasteiger partial charge on any atom is 0.338 e. The van der Waals surface area contributed by atoms with Crippen molar-refractivity contribution in [1.82, 2.24) is 0 Å². The van der Waals surface area contributed by atoms with Gasteiger partial charge in [0, 0.05) is 20.3 Å². The number of carbonyl (C=O) groups excluding carboxylic acids is 1. The molecule has 0 aliphatic rings. The second kappa shape index (κ2) is 5.38. The summed E-state index contributed by atoms with van der Waals surface area (Å²) in [6, 6.07) is 9.03. The van der Waals surface area contributed by atoms with E-state index in [1.165, 1.54) is 7.11 Å². The molecule has 2 rings (SSSR count). The van der Waals surface area contributed by atoms with Crippen molar-refractivity contribution in [3.8, 4) is 10.4 Å². The van der Waals surface area contributed by atoms with E-state index < -0.39 is 0 Å². The van der Waals surface area contributed by atoms with Crippen LogP contribution in [0.5, 0.6) is 0 Å². The van der Waals surface area contributed by atoms with E-state index in [1.807, 2.05) is 12.1 Å². The van der Waals surface area contributed by atoms with Gasteiger partial charge in [-0.3, -0.25) is 0 Å². The molecule has 0 fully saturated rings. The van der Waals surface area contributed by atoms with Gasteiger partial charge in [-0.1, -0.05) is 24.3 Å². The van der Waals surface area contributed by atoms with Crippen LogP contribution in [-0.4, -0.2) is 13.1 Å². The molecule has 0 aliphatic heterocycles. The lowest BCUT2D eigenvalue weighted by molar-refractivity contribution is 0.0601.